The fourth-order valence-corrected chi connectivity index (χ4v) is 3.79. The van der Waals surface area contributed by atoms with Crippen LogP contribution in [-0.2, 0) is 21.1 Å². The summed E-state index contributed by atoms with van der Waals surface area (Å²) < 4.78 is 28.7. The van der Waals surface area contributed by atoms with Crippen molar-refractivity contribution in [2.75, 3.05) is 24.7 Å². The van der Waals surface area contributed by atoms with E-state index in [1.807, 2.05) is 26.0 Å². The molecular formula is C21H23N3O6S. The van der Waals surface area contributed by atoms with E-state index < -0.39 is 14.8 Å². The number of nitrogens with one attached hydrogen (secondary N) is 2. The molecule has 0 bridgehead atoms. The van der Waals surface area contributed by atoms with Gasteiger partial charge in [-0.15, -0.1) is 0 Å². The van der Waals surface area contributed by atoms with Crippen LogP contribution in [0.4, 0.5) is 11.4 Å². The third kappa shape index (κ3) is 5.21. The van der Waals surface area contributed by atoms with E-state index in [-0.39, 0.29) is 41.7 Å². The molecule has 0 radical (unpaired) electrons. The topological polar surface area (TPSA) is 132 Å². The van der Waals surface area contributed by atoms with E-state index >= 15 is 0 Å². The first-order valence-corrected chi connectivity index (χ1v) is 11.4. The number of rotatable bonds is 8. The van der Waals surface area contributed by atoms with Crippen molar-refractivity contribution in [2.45, 2.75) is 25.2 Å². The molecule has 0 fully saturated rings. The number of nitro benzene ring substituents is 1. The van der Waals surface area contributed by atoms with Crippen LogP contribution in [0.5, 0.6) is 0 Å². The number of fused-ring (bicyclic) bond motifs is 1. The van der Waals surface area contributed by atoms with Crippen molar-refractivity contribution in [3.8, 4) is 0 Å². The first-order chi connectivity index (χ1) is 14.6. The van der Waals surface area contributed by atoms with Gasteiger partial charge in [-0.2, -0.15) is 0 Å². The molecule has 3 rings (SSSR count). The van der Waals surface area contributed by atoms with Crippen LogP contribution in [0, 0.1) is 24.0 Å². The van der Waals surface area contributed by atoms with Gasteiger partial charge in [-0.05, 0) is 49.2 Å². The van der Waals surface area contributed by atoms with Crippen molar-refractivity contribution in [2.24, 2.45) is 0 Å². The number of hydrogen-bond donors (Lipinski definition) is 2. The van der Waals surface area contributed by atoms with Crippen LogP contribution in [0.3, 0.4) is 0 Å². The van der Waals surface area contributed by atoms with Gasteiger partial charge in [-0.25, -0.2) is 8.42 Å². The lowest BCUT2D eigenvalue weighted by atomic mass is 10.0. The number of sulfone groups is 1. The summed E-state index contributed by atoms with van der Waals surface area (Å²) in [4.78, 5) is 22.8. The third-order valence-corrected chi connectivity index (χ3v) is 6.09. The molecule has 0 aliphatic heterocycles. The number of furan rings is 1. The zero-order valence-electron chi connectivity index (χ0n) is 17.4. The summed E-state index contributed by atoms with van der Waals surface area (Å²) in [5.74, 6) is -0.204. The molecule has 1 heterocycles. The predicted molar refractivity (Wildman–Crippen MR) is 117 cm³/mol. The molecule has 0 unspecified atom stereocenters. The van der Waals surface area contributed by atoms with Crippen LogP contribution in [0.1, 0.15) is 16.7 Å². The highest BCUT2D eigenvalue weighted by molar-refractivity contribution is 7.90. The average molecular weight is 445 g/mol. The highest BCUT2D eigenvalue weighted by Gasteiger charge is 2.18. The van der Waals surface area contributed by atoms with E-state index in [0.717, 1.165) is 40.0 Å². The molecule has 0 aliphatic carbocycles. The number of carbonyl (C=O) groups excluding carboxylic acids is 1. The van der Waals surface area contributed by atoms with Crippen molar-refractivity contribution in [1.82, 2.24) is 5.32 Å². The monoisotopic (exact) mass is 445 g/mol. The van der Waals surface area contributed by atoms with Gasteiger partial charge >= 0.3 is 0 Å². The number of nitrogens with zero attached hydrogens (tertiary/aromatic N) is 1. The summed E-state index contributed by atoms with van der Waals surface area (Å²) in [6.07, 6.45) is 2.72. The molecule has 2 aromatic carbocycles. The highest BCUT2D eigenvalue weighted by Crippen LogP contribution is 2.27. The Morgan fingerprint density at radius 3 is 2.52 bits per heavy atom. The molecule has 0 saturated carbocycles. The molecule has 0 spiro atoms. The average Bonchev–Trinajstić information content (AvgIpc) is 3.06. The Balaban J connectivity index is 1.58. The normalized spacial score (nSPS) is 11.5. The lowest BCUT2D eigenvalue weighted by Gasteiger charge is -2.09. The molecule has 2 N–H and O–H groups in total. The van der Waals surface area contributed by atoms with Crippen molar-refractivity contribution in [3.63, 3.8) is 0 Å². The van der Waals surface area contributed by atoms with Crippen LogP contribution in [0.25, 0.3) is 11.0 Å². The summed E-state index contributed by atoms with van der Waals surface area (Å²) in [5.41, 5.74) is 3.59. The van der Waals surface area contributed by atoms with Crippen molar-refractivity contribution >= 4 is 38.1 Å². The van der Waals surface area contributed by atoms with Gasteiger partial charge in [0.1, 0.15) is 11.3 Å². The molecule has 9 nitrogen and oxygen atoms in total. The van der Waals surface area contributed by atoms with Crippen LogP contribution in [0.15, 0.2) is 45.9 Å². The second kappa shape index (κ2) is 8.76. The van der Waals surface area contributed by atoms with E-state index in [1.54, 1.807) is 6.26 Å². The van der Waals surface area contributed by atoms with Gasteiger partial charge < -0.3 is 15.1 Å². The van der Waals surface area contributed by atoms with Crippen molar-refractivity contribution < 1.29 is 22.6 Å². The largest absolute Gasteiger partial charge is 0.464 e. The minimum atomic E-state index is -3.55. The van der Waals surface area contributed by atoms with E-state index in [1.165, 1.54) is 12.1 Å². The molecule has 0 atom stereocenters. The Hall–Kier alpha value is -3.40. The van der Waals surface area contributed by atoms with Gasteiger partial charge in [0.05, 0.1) is 22.5 Å². The van der Waals surface area contributed by atoms with Gasteiger partial charge in [-0.1, -0.05) is 0 Å². The maximum absolute atomic E-state index is 12.3. The summed E-state index contributed by atoms with van der Waals surface area (Å²) in [6, 6.07) is 7.61. The SMILES string of the molecule is Cc1cc2occ(CC(=O)NCCNc3ccc(S(C)(=O)=O)cc3[N+](=O)[O-])c2cc1C. The molecule has 0 aliphatic rings. The predicted octanol–water partition coefficient (Wildman–Crippen LogP) is 3.13. The molecule has 164 valence electrons. The number of aryl methyl sites for hydroxylation is 2. The first-order valence-electron chi connectivity index (χ1n) is 9.52. The zero-order chi connectivity index (χ0) is 22.8. The van der Waals surface area contributed by atoms with Gasteiger partial charge in [0.25, 0.3) is 5.69 Å². The smallest absolute Gasteiger partial charge is 0.293 e. The maximum atomic E-state index is 12.3. The van der Waals surface area contributed by atoms with Crippen molar-refractivity contribution in [3.05, 3.63) is 63.4 Å². The van der Waals surface area contributed by atoms with Crippen LogP contribution in [0.2, 0.25) is 0 Å². The molecule has 0 saturated heterocycles. The van der Waals surface area contributed by atoms with Crippen LogP contribution < -0.4 is 10.6 Å². The lowest BCUT2D eigenvalue weighted by molar-refractivity contribution is -0.384. The molecule has 3 aromatic rings. The second-order valence-corrected chi connectivity index (χ2v) is 9.37. The number of amides is 1. The Kier molecular flexibility index (Phi) is 6.30. The fraction of sp³-hybridized carbons (Fsp3) is 0.286. The zero-order valence-corrected chi connectivity index (χ0v) is 18.2. The van der Waals surface area contributed by atoms with Crippen molar-refractivity contribution in [1.29, 1.82) is 0 Å². The minimum Gasteiger partial charge on any atom is -0.464 e. The van der Waals surface area contributed by atoms with Gasteiger partial charge in [0.15, 0.2) is 9.84 Å². The van der Waals surface area contributed by atoms with Crippen LogP contribution in [-0.4, -0.2) is 38.6 Å². The second-order valence-electron chi connectivity index (χ2n) is 7.36. The molecule has 1 amide bonds. The third-order valence-electron chi connectivity index (χ3n) is 4.98. The maximum Gasteiger partial charge on any atom is 0.293 e. The summed E-state index contributed by atoms with van der Waals surface area (Å²) in [6.45, 7) is 4.46. The van der Waals surface area contributed by atoms with E-state index in [4.69, 9.17) is 4.42 Å². The first kappa shape index (κ1) is 22.3. The van der Waals surface area contributed by atoms with E-state index in [2.05, 4.69) is 10.6 Å². The summed E-state index contributed by atoms with van der Waals surface area (Å²) in [5, 5.41) is 17.8. The van der Waals surface area contributed by atoms with Gasteiger partial charge in [0.2, 0.25) is 5.91 Å². The van der Waals surface area contributed by atoms with E-state index in [0.29, 0.717) is 0 Å². The van der Waals surface area contributed by atoms with Gasteiger partial charge in [0, 0.05) is 36.4 Å². The summed E-state index contributed by atoms with van der Waals surface area (Å²) >= 11 is 0. The molecule has 31 heavy (non-hydrogen) atoms. The highest BCUT2D eigenvalue weighted by atomic mass is 32.2. The number of hydrogen-bond acceptors (Lipinski definition) is 7. The standard InChI is InChI=1S/C21H23N3O6S/c1-13-8-17-15(12-30-20(17)9-14(13)2)10-21(25)23-7-6-22-18-5-4-16(31(3,28)29)11-19(18)24(26)27/h4-5,8-9,11-12,22H,6-7,10H2,1-3H3,(H,23,25). The number of carbonyl (C=O) groups is 1. The molecule has 1 aromatic heterocycles. The van der Waals surface area contributed by atoms with Gasteiger partial charge in [-0.3, -0.25) is 14.9 Å². The Morgan fingerprint density at radius 1 is 1.13 bits per heavy atom. The number of nitro groups is 1. The molecular weight excluding hydrogens is 422 g/mol. The number of benzene rings is 2. The van der Waals surface area contributed by atoms with E-state index in [9.17, 15) is 23.3 Å². The number of anilines is 1. The molecule has 10 heteroatoms. The summed E-state index contributed by atoms with van der Waals surface area (Å²) in [7, 11) is -3.55. The Morgan fingerprint density at radius 2 is 1.84 bits per heavy atom. The lowest BCUT2D eigenvalue weighted by Crippen LogP contribution is -2.30. The Bertz CT molecular complexity index is 1260. The quantitative estimate of drug-likeness (QED) is 0.309. The minimum absolute atomic E-state index is 0.129. The Labute approximate surface area is 179 Å². The fourth-order valence-electron chi connectivity index (χ4n) is 3.15. The van der Waals surface area contributed by atoms with Crippen LogP contribution >= 0.6 is 0 Å².